The lowest BCUT2D eigenvalue weighted by molar-refractivity contribution is 0.142. The van der Waals surface area contributed by atoms with Gasteiger partial charge in [-0.3, -0.25) is 4.98 Å². The van der Waals surface area contributed by atoms with E-state index in [9.17, 15) is 8.78 Å². The largest absolute Gasteiger partial charge is 0.493 e. The highest BCUT2D eigenvalue weighted by molar-refractivity contribution is 5.66. The first-order chi connectivity index (χ1) is 11.4. The molecule has 0 aliphatic carbocycles. The maximum absolute atomic E-state index is 13.4. The van der Waals surface area contributed by atoms with Gasteiger partial charge in [-0.15, -0.1) is 0 Å². The average molecular weight is 333 g/mol. The van der Waals surface area contributed by atoms with Gasteiger partial charge in [-0.05, 0) is 60.6 Å². The molecule has 24 heavy (non-hydrogen) atoms. The van der Waals surface area contributed by atoms with Crippen LogP contribution in [0.3, 0.4) is 0 Å². The number of aryl methyl sites for hydroxylation is 1. The Labute approximate surface area is 142 Å². The van der Waals surface area contributed by atoms with Gasteiger partial charge < -0.3 is 4.74 Å². The second-order valence-electron chi connectivity index (χ2n) is 6.78. The van der Waals surface area contributed by atoms with Crippen molar-refractivity contribution in [2.45, 2.75) is 40.5 Å². The molecule has 0 radical (unpaired) electrons. The van der Waals surface area contributed by atoms with E-state index in [4.69, 9.17) is 4.74 Å². The van der Waals surface area contributed by atoms with Crippen molar-refractivity contribution in [2.75, 3.05) is 6.61 Å². The number of ether oxygens (including phenoxy) is 1. The molecule has 0 unspecified atom stereocenters. The van der Waals surface area contributed by atoms with Crippen molar-refractivity contribution in [1.82, 2.24) is 4.98 Å². The molecular weight excluding hydrogens is 308 g/mol. The van der Waals surface area contributed by atoms with Crippen LogP contribution < -0.4 is 4.74 Å². The Morgan fingerprint density at radius 2 is 1.75 bits per heavy atom. The van der Waals surface area contributed by atoms with E-state index in [-0.39, 0.29) is 11.3 Å². The summed E-state index contributed by atoms with van der Waals surface area (Å²) in [6.07, 6.45) is 0.131. The first-order valence-electron chi connectivity index (χ1n) is 8.34. The predicted molar refractivity (Wildman–Crippen MR) is 93.5 cm³/mol. The highest BCUT2D eigenvalue weighted by Crippen LogP contribution is 2.34. The van der Waals surface area contributed by atoms with E-state index in [1.807, 2.05) is 25.1 Å². The van der Waals surface area contributed by atoms with E-state index in [2.05, 4.69) is 25.8 Å². The first-order valence-corrected chi connectivity index (χ1v) is 8.34. The van der Waals surface area contributed by atoms with Gasteiger partial charge in [0.25, 0.3) is 6.43 Å². The number of rotatable bonds is 7. The van der Waals surface area contributed by atoms with Crippen LogP contribution in [-0.4, -0.2) is 11.6 Å². The summed E-state index contributed by atoms with van der Waals surface area (Å²) in [4.78, 5) is 4.14. The van der Waals surface area contributed by atoms with Crippen LogP contribution in [0.4, 0.5) is 8.78 Å². The van der Waals surface area contributed by atoms with Crippen LogP contribution in [-0.2, 0) is 0 Å². The molecule has 1 aromatic heterocycles. The molecule has 2 aromatic rings. The second kappa shape index (κ2) is 8.22. The summed E-state index contributed by atoms with van der Waals surface area (Å²) >= 11 is 0. The molecule has 4 heteroatoms. The molecule has 0 saturated heterocycles. The normalized spacial score (nSPS) is 12.7. The minimum atomic E-state index is -2.57. The van der Waals surface area contributed by atoms with Crippen molar-refractivity contribution in [3.05, 3.63) is 47.8 Å². The van der Waals surface area contributed by atoms with E-state index in [0.29, 0.717) is 18.4 Å². The highest BCUT2D eigenvalue weighted by Gasteiger charge is 2.17. The van der Waals surface area contributed by atoms with Crippen LogP contribution in [0.5, 0.6) is 5.75 Å². The van der Waals surface area contributed by atoms with Gasteiger partial charge in [0.15, 0.2) is 0 Å². The van der Waals surface area contributed by atoms with Crippen LogP contribution >= 0.6 is 0 Å². The zero-order chi connectivity index (χ0) is 17.7. The summed E-state index contributed by atoms with van der Waals surface area (Å²) in [5, 5.41) is 0. The summed E-state index contributed by atoms with van der Waals surface area (Å²) < 4.78 is 32.6. The molecule has 130 valence electrons. The summed E-state index contributed by atoms with van der Waals surface area (Å²) in [5.74, 6) is 1.17. The molecule has 0 amide bonds. The SMILES string of the molecule is Cc1cc(-c2ccc(OC[C@@H](C)CC(C)C)c(C(F)F)c2)ccn1. The summed E-state index contributed by atoms with van der Waals surface area (Å²) in [7, 11) is 0. The minimum Gasteiger partial charge on any atom is -0.493 e. The molecule has 0 N–H and O–H groups in total. The number of nitrogens with zero attached hydrogens (tertiary/aromatic N) is 1. The van der Waals surface area contributed by atoms with Crippen LogP contribution in [0.2, 0.25) is 0 Å². The molecule has 0 aliphatic rings. The molecular formula is C20H25F2NO. The lowest BCUT2D eigenvalue weighted by Gasteiger charge is -2.17. The smallest absolute Gasteiger partial charge is 0.267 e. The topological polar surface area (TPSA) is 22.1 Å². The predicted octanol–water partition coefficient (Wildman–Crippen LogP) is 6.06. The van der Waals surface area contributed by atoms with E-state index in [1.54, 1.807) is 12.3 Å². The number of alkyl halides is 2. The van der Waals surface area contributed by atoms with Crippen molar-refractivity contribution in [1.29, 1.82) is 0 Å². The molecule has 1 heterocycles. The second-order valence-corrected chi connectivity index (χ2v) is 6.78. The lowest BCUT2D eigenvalue weighted by Crippen LogP contribution is -2.12. The van der Waals surface area contributed by atoms with Crippen LogP contribution in [0, 0.1) is 18.8 Å². The fourth-order valence-electron chi connectivity index (χ4n) is 2.86. The molecule has 1 atom stereocenters. The Balaban J connectivity index is 2.21. The monoisotopic (exact) mass is 333 g/mol. The number of benzene rings is 1. The molecule has 2 rings (SSSR count). The number of pyridine rings is 1. The van der Waals surface area contributed by atoms with E-state index >= 15 is 0 Å². The van der Waals surface area contributed by atoms with Gasteiger partial charge in [0.05, 0.1) is 12.2 Å². The Bertz CT molecular complexity index is 670. The molecule has 0 fully saturated rings. The van der Waals surface area contributed by atoms with Crippen molar-refractivity contribution in [3.8, 4) is 16.9 Å². The number of hydrogen-bond donors (Lipinski definition) is 0. The van der Waals surface area contributed by atoms with Crippen molar-refractivity contribution >= 4 is 0 Å². The van der Waals surface area contributed by atoms with E-state index < -0.39 is 6.43 Å². The lowest BCUT2D eigenvalue weighted by atomic mass is 9.99. The number of aromatic nitrogens is 1. The molecule has 1 aromatic carbocycles. The Hall–Kier alpha value is -1.97. The maximum Gasteiger partial charge on any atom is 0.267 e. The van der Waals surface area contributed by atoms with Crippen LogP contribution in [0.1, 0.15) is 44.9 Å². The fraction of sp³-hybridized carbons (Fsp3) is 0.450. The minimum absolute atomic E-state index is 0.0567. The maximum atomic E-state index is 13.4. The third-order valence-corrected chi connectivity index (χ3v) is 3.87. The van der Waals surface area contributed by atoms with Gasteiger partial charge in [-0.1, -0.05) is 26.8 Å². The Kier molecular flexibility index (Phi) is 6.29. The number of hydrogen-bond acceptors (Lipinski definition) is 2. The first kappa shape index (κ1) is 18.4. The molecule has 0 bridgehead atoms. The molecule has 0 aliphatic heterocycles. The molecule has 2 nitrogen and oxygen atoms in total. The standard InChI is InChI=1S/C20H25F2NO/c1-13(2)9-14(3)12-24-19-6-5-16(11-18(19)20(21)22)17-7-8-23-15(4)10-17/h5-8,10-11,13-14,20H,9,12H2,1-4H3/t14-/m0/s1. The number of halogens is 2. The highest BCUT2D eigenvalue weighted by atomic mass is 19.3. The zero-order valence-corrected chi connectivity index (χ0v) is 14.7. The summed E-state index contributed by atoms with van der Waals surface area (Å²) in [6, 6.07) is 8.69. The van der Waals surface area contributed by atoms with Gasteiger partial charge >= 0.3 is 0 Å². The van der Waals surface area contributed by atoms with Crippen molar-refractivity contribution in [3.63, 3.8) is 0 Å². The third-order valence-electron chi connectivity index (χ3n) is 3.87. The third kappa shape index (κ3) is 5.02. The van der Waals surface area contributed by atoms with Crippen molar-refractivity contribution in [2.24, 2.45) is 11.8 Å². The van der Waals surface area contributed by atoms with E-state index in [1.165, 1.54) is 6.07 Å². The van der Waals surface area contributed by atoms with Gasteiger partial charge in [0.1, 0.15) is 5.75 Å². The molecule has 0 spiro atoms. The van der Waals surface area contributed by atoms with Gasteiger partial charge in [0.2, 0.25) is 0 Å². The Morgan fingerprint density at radius 1 is 1.04 bits per heavy atom. The zero-order valence-electron chi connectivity index (χ0n) is 14.7. The van der Waals surface area contributed by atoms with Gasteiger partial charge in [0, 0.05) is 11.9 Å². The Morgan fingerprint density at radius 3 is 2.38 bits per heavy atom. The average Bonchev–Trinajstić information content (AvgIpc) is 2.52. The van der Waals surface area contributed by atoms with E-state index in [0.717, 1.165) is 23.2 Å². The summed E-state index contributed by atoms with van der Waals surface area (Å²) in [5.41, 5.74) is 2.43. The van der Waals surface area contributed by atoms with Gasteiger partial charge in [-0.25, -0.2) is 8.78 Å². The summed E-state index contributed by atoms with van der Waals surface area (Å²) in [6.45, 7) is 8.70. The quantitative estimate of drug-likeness (QED) is 0.615. The fourth-order valence-corrected chi connectivity index (χ4v) is 2.86. The van der Waals surface area contributed by atoms with Gasteiger partial charge in [-0.2, -0.15) is 0 Å². The van der Waals surface area contributed by atoms with Crippen molar-refractivity contribution < 1.29 is 13.5 Å². The molecule has 0 saturated carbocycles. The van der Waals surface area contributed by atoms with Crippen LogP contribution in [0.15, 0.2) is 36.5 Å². The van der Waals surface area contributed by atoms with Crippen LogP contribution in [0.25, 0.3) is 11.1 Å².